The molecule has 202 valence electrons. The van der Waals surface area contributed by atoms with Gasteiger partial charge in [0.1, 0.15) is 23.1 Å². The van der Waals surface area contributed by atoms with E-state index in [-0.39, 0.29) is 18.9 Å². The average Bonchev–Trinajstić information content (AvgIpc) is 3.45. The quantitative estimate of drug-likeness (QED) is 0.186. The zero-order valence-electron chi connectivity index (χ0n) is 21.5. The van der Waals surface area contributed by atoms with Crippen LogP contribution in [0.5, 0.6) is 11.5 Å². The Morgan fingerprint density at radius 3 is 2.31 bits per heavy atom. The molecule has 1 saturated carbocycles. The topological polar surface area (TPSA) is 54.6 Å². The van der Waals surface area contributed by atoms with Crippen LogP contribution in [0.1, 0.15) is 37.3 Å². The van der Waals surface area contributed by atoms with Crippen molar-refractivity contribution in [1.82, 2.24) is 0 Å². The SMILES string of the molecule is CC1(C)C(/C=C(\Cl)C(F)(F)F)C1/C(CC(C#N)c1cccc(Oc2ccccc2)c1)=N\OCc1ccccc1. The summed E-state index contributed by atoms with van der Waals surface area (Å²) in [4.78, 5) is 5.66. The fourth-order valence-electron chi connectivity index (χ4n) is 4.73. The van der Waals surface area contributed by atoms with Gasteiger partial charge in [-0.3, -0.25) is 0 Å². The van der Waals surface area contributed by atoms with E-state index in [1.807, 2.05) is 80.6 Å². The summed E-state index contributed by atoms with van der Waals surface area (Å²) in [6.07, 6.45) is -3.39. The van der Waals surface area contributed by atoms with Gasteiger partial charge in [-0.1, -0.05) is 97.3 Å². The van der Waals surface area contributed by atoms with Crippen molar-refractivity contribution < 1.29 is 22.7 Å². The zero-order chi connectivity index (χ0) is 28.0. The summed E-state index contributed by atoms with van der Waals surface area (Å²) in [5.41, 5.74) is 1.58. The number of alkyl halides is 3. The number of rotatable bonds is 10. The fraction of sp³-hybridized carbons (Fsp3) is 0.290. The average molecular weight is 553 g/mol. The lowest BCUT2D eigenvalue weighted by Crippen LogP contribution is -2.13. The summed E-state index contributed by atoms with van der Waals surface area (Å²) >= 11 is 5.59. The van der Waals surface area contributed by atoms with E-state index in [1.54, 1.807) is 18.2 Å². The summed E-state index contributed by atoms with van der Waals surface area (Å²) in [7, 11) is 0. The first kappa shape index (κ1) is 28.3. The van der Waals surface area contributed by atoms with E-state index in [4.69, 9.17) is 21.2 Å². The maximum atomic E-state index is 13.2. The maximum absolute atomic E-state index is 13.2. The molecule has 1 fully saturated rings. The van der Waals surface area contributed by atoms with E-state index in [0.717, 1.165) is 11.6 Å². The van der Waals surface area contributed by atoms with Crippen LogP contribution < -0.4 is 4.74 Å². The lowest BCUT2D eigenvalue weighted by Gasteiger charge is -2.14. The Hall–Kier alpha value is -3.76. The first-order valence-electron chi connectivity index (χ1n) is 12.5. The predicted molar refractivity (Wildman–Crippen MR) is 145 cm³/mol. The third-order valence-corrected chi connectivity index (χ3v) is 7.27. The van der Waals surface area contributed by atoms with Gasteiger partial charge >= 0.3 is 6.18 Å². The molecule has 3 atom stereocenters. The lowest BCUT2D eigenvalue weighted by molar-refractivity contribution is -0.0848. The Morgan fingerprint density at radius 2 is 1.67 bits per heavy atom. The van der Waals surface area contributed by atoms with Gasteiger partial charge in [0.05, 0.1) is 17.7 Å². The van der Waals surface area contributed by atoms with Crippen LogP contribution in [0.25, 0.3) is 0 Å². The van der Waals surface area contributed by atoms with Crippen molar-refractivity contribution in [2.75, 3.05) is 0 Å². The molecule has 0 bridgehead atoms. The van der Waals surface area contributed by atoms with Crippen LogP contribution >= 0.6 is 11.6 Å². The molecule has 0 spiro atoms. The predicted octanol–water partition coefficient (Wildman–Crippen LogP) is 9.01. The standard InChI is InChI=1S/C31H28ClF3N2O2/c1-30(2)26(18-28(32)31(33,34)35)29(30)27(37-38-20-21-10-5-3-6-11-21)17-23(19-36)22-12-9-15-25(16-22)39-24-13-7-4-8-14-24/h3-16,18,23,26,29H,17,20H2,1-2H3/b28-18-,37-27-. The van der Waals surface area contributed by atoms with Gasteiger partial charge in [-0.15, -0.1) is 0 Å². The molecule has 3 aromatic rings. The Balaban J connectivity index is 1.59. The third-order valence-electron chi connectivity index (χ3n) is 6.93. The molecule has 0 radical (unpaired) electrons. The van der Waals surface area contributed by atoms with Crippen LogP contribution in [0.3, 0.4) is 0 Å². The third kappa shape index (κ3) is 7.21. The molecule has 0 aromatic heterocycles. The Kier molecular flexibility index (Phi) is 8.66. The molecule has 0 amide bonds. The van der Waals surface area contributed by atoms with E-state index in [1.165, 1.54) is 0 Å². The van der Waals surface area contributed by atoms with Gasteiger partial charge in [-0.05, 0) is 46.7 Å². The van der Waals surface area contributed by atoms with E-state index in [9.17, 15) is 18.4 Å². The second-order valence-corrected chi connectivity index (χ2v) is 10.5. The van der Waals surface area contributed by atoms with Crippen molar-refractivity contribution >= 4 is 17.3 Å². The van der Waals surface area contributed by atoms with Crippen molar-refractivity contribution in [3.8, 4) is 17.6 Å². The largest absolute Gasteiger partial charge is 0.457 e. The minimum Gasteiger partial charge on any atom is -0.457 e. The number of nitrogens with zero attached hydrogens (tertiary/aromatic N) is 2. The van der Waals surface area contributed by atoms with Gasteiger partial charge in [0, 0.05) is 12.3 Å². The van der Waals surface area contributed by atoms with Crippen LogP contribution in [0, 0.1) is 28.6 Å². The van der Waals surface area contributed by atoms with Crippen molar-refractivity contribution in [2.24, 2.45) is 22.4 Å². The van der Waals surface area contributed by atoms with Gasteiger partial charge in [-0.2, -0.15) is 18.4 Å². The number of halogens is 4. The van der Waals surface area contributed by atoms with E-state index in [2.05, 4.69) is 11.2 Å². The van der Waals surface area contributed by atoms with Crippen molar-refractivity contribution in [3.05, 3.63) is 107 Å². The number of benzene rings is 3. The lowest BCUT2D eigenvalue weighted by atomic mass is 9.91. The summed E-state index contributed by atoms with van der Waals surface area (Å²) in [6.45, 7) is 3.92. The van der Waals surface area contributed by atoms with E-state index < -0.39 is 28.5 Å². The Morgan fingerprint density at radius 1 is 1.03 bits per heavy atom. The van der Waals surface area contributed by atoms with Gasteiger partial charge in [-0.25, -0.2) is 0 Å². The monoisotopic (exact) mass is 552 g/mol. The number of ether oxygens (including phenoxy) is 1. The number of hydrogen-bond acceptors (Lipinski definition) is 4. The molecular formula is C31H28ClF3N2O2. The van der Waals surface area contributed by atoms with Gasteiger partial charge in [0.25, 0.3) is 0 Å². The first-order valence-corrected chi connectivity index (χ1v) is 12.9. The fourth-order valence-corrected chi connectivity index (χ4v) is 4.86. The minimum absolute atomic E-state index is 0.183. The highest BCUT2D eigenvalue weighted by molar-refractivity contribution is 6.30. The summed E-state index contributed by atoms with van der Waals surface area (Å²) in [5.74, 6) is -0.262. The van der Waals surface area contributed by atoms with Gasteiger partial charge < -0.3 is 9.57 Å². The Bertz CT molecular complexity index is 1370. The van der Waals surface area contributed by atoms with Crippen molar-refractivity contribution in [2.45, 2.75) is 39.0 Å². The first-order chi connectivity index (χ1) is 18.6. The molecule has 4 nitrogen and oxygen atoms in total. The van der Waals surface area contributed by atoms with Crippen molar-refractivity contribution in [3.63, 3.8) is 0 Å². The highest BCUT2D eigenvalue weighted by Gasteiger charge is 2.60. The number of para-hydroxylation sites is 1. The molecule has 3 unspecified atom stereocenters. The normalized spacial score (nSPS) is 19.6. The second-order valence-electron chi connectivity index (χ2n) is 10.1. The summed E-state index contributed by atoms with van der Waals surface area (Å²) in [6, 6.07) is 28.2. The number of oxime groups is 1. The molecule has 0 heterocycles. The smallest absolute Gasteiger partial charge is 0.426 e. The number of nitriles is 1. The van der Waals surface area contributed by atoms with Gasteiger partial charge in [0.15, 0.2) is 0 Å². The molecule has 0 saturated heterocycles. The van der Waals surface area contributed by atoms with Crippen LogP contribution in [0.4, 0.5) is 13.2 Å². The molecule has 0 N–H and O–H groups in total. The molecule has 1 aliphatic rings. The number of hydrogen-bond donors (Lipinski definition) is 0. The second kappa shape index (κ2) is 12.0. The van der Waals surface area contributed by atoms with Crippen LogP contribution in [0.15, 0.2) is 101 Å². The molecular weight excluding hydrogens is 525 g/mol. The minimum atomic E-state index is -4.62. The number of allylic oxidation sites excluding steroid dienone is 2. The zero-order valence-corrected chi connectivity index (χ0v) is 22.3. The molecule has 39 heavy (non-hydrogen) atoms. The van der Waals surface area contributed by atoms with Crippen LogP contribution in [-0.2, 0) is 11.4 Å². The highest BCUT2D eigenvalue weighted by Crippen LogP contribution is 2.61. The van der Waals surface area contributed by atoms with Crippen molar-refractivity contribution in [1.29, 1.82) is 5.26 Å². The highest BCUT2D eigenvalue weighted by atomic mass is 35.5. The molecule has 8 heteroatoms. The van der Waals surface area contributed by atoms with E-state index >= 15 is 0 Å². The molecule has 4 rings (SSSR count). The van der Waals surface area contributed by atoms with Gasteiger partial charge in [0.2, 0.25) is 0 Å². The summed E-state index contributed by atoms with van der Waals surface area (Å²) in [5, 5.41) is 13.3. The summed E-state index contributed by atoms with van der Waals surface area (Å²) < 4.78 is 45.5. The van der Waals surface area contributed by atoms with E-state index in [0.29, 0.717) is 22.8 Å². The molecule has 0 aliphatic heterocycles. The van der Waals surface area contributed by atoms with Crippen LogP contribution in [-0.4, -0.2) is 11.9 Å². The Labute approximate surface area is 231 Å². The molecule has 3 aromatic carbocycles. The maximum Gasteiger partial charge on any atom is 0.426 e. The van der Waals surface area contributed by atoms with Crippen LogP contribution in [0.2, 0.25) is 0 Å². The molecule has 1 aliphatic carbocycles.